The first-order valence-electron chi connectivity index (χ1n) is 14.3. The smallest absolute Gasteiger partial charge is 0.188 e. The van der Waals surface area contributed by atoms with E-state index >= 15 is 0 Å². The number of aliphatic imine (C=N–C) groups is 2. The topological polar surface area (TPSA) is 83.8 Å². The highest BCUT2D eigenvalue weighted by Gasteiger charge is 2.19. The number of benzene rings is 2. The maximum Gasteiger partial charge on any atom is 0.188 e. The molecule has 7 nitrogen and oxygen atoms in total. The molecule has 0 aliphatic carbocycles. The third kappa shape index (κ3) is 7.46. The molecule has 4 rings (SSSR count). The molecule has 220 valence electrons. The molecule has 0 amide bonds. The Kier molecular flexibility index (Phi) is 11.3. The summed E-state index contributed by atoms with van der Waals surface area (Å²) in [5.74, 6) is 0.596. The summed E-state index contributed by atoms with van der Waals surface area (Å²) in [4.78, 5) is 18.4. The maximum absolute atomic E-state index is 7.05. The highest BCUT2D eigenvalue weighted by Crippen LogP contribution is 2.41. The number of methoxy groups -OCH3 is 1. The fraction of sp³-hybridized carbons (Fsp3) is 0.333. The highest BCUT2D eigenvalue weighted by molar-refractivity contribution is 6.38. The zero-order valence-corrected chi connectivity index (χ0v) is 26.0. The zero-order valence-electron chi connectivity index (χ0n) is 24.5. The van der Waals surface area contributed by atoms with Crippen molar-refractivity contribution < 1.29 is 4.74 Å². The third-order valence-corrected chi connectivity index (χ3v) is 7.96. The minimum absolute atomic E-state index is 0.409. The minimum Gasteiger partial charge on any atom is -0.484 e. The van der Waals surface area contributed by atoms with Gasteiger partial charge in [0.25, 0.3) is 0 Å². The number of halogens is 2. The van der Waals surface area contributed by atoms with Gasteiger partial charge in [-0.2, -0.15) is 0 Å². The van der Waals surface area contributed by atoms with Crippen LogP contribution in [0.25, 0.3) is 28.1 Å². The summed E-state index contributed by atoms with van der Waals surface area (Å²) in [6.07, 6.45) is 7.85. The largest absolute Gasteiger partial charge is 0.484 e. The number of nitrogens with one attached hydrogen (secondary N) is 2. The van der Waals surface area contributed by atoms with Crippen LogP contribution in [-0.4, -0.2) is 42.3 Å². The van der Waals surface area contributed by atoms with Gasteiger partial charge in [-0.05, 0) is 32.4 Å². The predicted molar refractivity (Wildman–Crippen MR) is 176 cm³/mol. The van der Waals surface area contributed by atoms with E-state index in [1.165, 1.54) is 0 Å². The van der Waals surface area contributed by atoms with Gasteiger partial charge in [-0.15, -0.1) is 0 Å². The van der Waals surface area contributed by atoms with E-state index < -0.39 is 0 Å². The fourth-order valence-corrected chi connectivity index (χ4v) is 5.63. The molecular formula is C33H38Cl2N6O. The number of rotatable bonds is 12. The minimum atomic E-state index is 0.409. The lowest BCUT2D eigenvalue weighted by molar-refractivity contribution is 0.390. The lowest BCUT2D eigenvalue weighted by atomic mass is 9.98. The second kappa shape index (κ2) is 15.1. The summed E-state index contributed by atoms with van der Waals surface area (Å²) >= 11 is 14.1. The molecule has 0 saturated carbocycles. The van der Waals surface area contributed by atoms with Crippen molar-refractivity contribution in [2.45, 2.75) is 58.5 Å². The van der Waals surface area contributed by atoms with Gasteiger partial charge in [0.05, 0.1) is 52.3 Å². The molecule has 1 aliphatic rings. The Balaban J connectivity index is 1.64. The first-order chi connectivity index (χ1) is 20.4. The lowest BCUT2D eigenvalue weighted by Crippen LogP contribution is -2.33. The zero-order chi connectivity index (χ0) is 30.1. The van der Waals surface area contributed by atoms with Gasteiger partial charge in [0.2, 0.25) is 0 Å². The summed E-state index contributed by atoms with van der Waals surface area (Å²) in [5, 5.41) is 7.98. The van der Waals surface area contributed by atoms with Gasteiger partial charge in [-0.1, -0.05) is 80.0 Å². The Morgan fingerprint density at radius 3 is 2.52 bits per heavy atom. The summed E-state index contributed by atoms with van der Waals surface area (Å²) in [5.41, 5.74) is 7.32. The molecule has 2 aromatic carbocycles. The van der Waals surface area contributed by atoms with Crippen molar-refractivity contribution in [3.8, 4) is 22.4 Å². The molecule has 42 heavy (non-hydrogen) atoms. The van der Waals surface area contributed by atoms with Crippen LogP contribution in [0, 0.1) is 0 Å². The van der Waals surface area contributed by atoms with Gasteiger partial charge < -0.3 is 15.4 Å². The molecule has 1 saturated heterocycles. The molecule has 9 heteroatoms. The van der Waals surface area contributed by atoms with E-state index in [-0.39, 0.29) is 0 Å². The Morgan fingerprint density at radius 2 is 1.86 bits per heavy atom. The molecular weight excluding hydrogens is 567 g/mol. The van der Waals surface area contributed by atoms with Crippen molar-refractivity contribution in [2.24, 2.45) is 9.98 Å². The normalized spacial score (nSPS) is 15.5. The second-order valence-corrected chi connectivity index (χ2v) is 10.9. The number of hydrogen-bond acceptors (Lipinski definition) is 7. The number of ether oxygens (including phenoxy) is 1. The first kappa shape index (κ1) is 31.4. The summed E-state index contributed by atoms with van der Waals surface area (Å²) in [7, 11) is 1.61. The molecule has 0 bridgehead atoms. The predicted octanol–water partition coefficient (Wildman–Crippen LogP) is 7.88. The Bertz CT molecular complexity index is 1500. The highest BCUT2D eigenvalue weighted by atomic mass is 35.5. The third-order valence-electron chi connectivity index (χ3n) is 7.15. The van der Waals surface area contributed by atoms with Gasteiger partial charge in [0, 0.05) is 53.5 Å². The van der Waals surface area contributed by atoms with E-state index in [4.69, 9.17) is 37.9 Å². The molecule has 1 unspecified atom stereocenters. The fourth-order valence-electron chi connectivity index (χ4n) is 4.98. The second-order valence-electron chi connectivity index (χ2n) is 10.1. The van der Waals surface area contributed by atoms with Gasteiger partial charge in [-0.25, -0.2) is 9.98 Å². The number of nitrogens with zero attached hydrogens (tertiary/aromatic N) is 4. The van der Waals surface area contributed by atoms with Crippen molar-refractivity contribution >= 4 is 41.5 Å². The molecule has 2 N–H and O–H groups in total. The summed E-state index contributed by atoms with van der Waals surface area (Å²) < 4.78 is 5.46. The average Bonchev–Trinajstić information content (AvgIpc) is 3.42. The molecule has 1 atom stereocenters. The van der Waals surface area contributed by atoms with Crippen LogP contribution in [0.2, 0.25) is 10.0 Å². The monoisotopic (exact) mass is 604 g/mol. The number of allylic oxidation sites excluding steroid dienone is 1. The van der Waals surface area contributed by atoms with Gasteiger partial charge in [-0.3, -0.25) is 9.98 Å². The van der Waals surface area contributed by atoms with Crippen LogP contribution in [0.3, 0.4) is 0 Å². The SMILES string of the molecule is C=N/C=C(\N=C(CCC)OC)c1cccc(-c2cccc(-c3cnc(CNCC4CCC(=C)N4)c(CC)n3)c2Cl)c1Cl. The van der Waals surface area contributed by atoms with Crippen LogP contribution in [-0.2, 0) is 17.7 Å². The van der Waals surface area contributed by atoms with Crippen LogP contribution in [0.15, 0.2) is 71.1 Å². The molecule has 2 heterocycles. The lowest BCUT2D eigenvalue weighted by Gasteiger charge is -2.16. The summed E-state index contributed by atoms with van der Waals surface area (Å²) in [6, 6.07) is 12.0. The number of aryl methyl sites for hydroxylation is 1. The Hall–Kier alpha value is -3.52. The van der Waals surface area contributed by atoms with Crippen LogP contribution in [0.1, 0.15) is 56.5 Å². The molecule has 3 aromatic rings. The van der Waals surface area contributed by atoms with Crippen LogP contribution in [0.4, 0.5) is 0 Å². The number of aromatic nitrogens is 2. The van der Waals surface area contributed by atoms with E-state index in [0.717, 1.165) is 66.0 Å². The number of hydrogen-bond donors (Lipinski definition) is 2. The molecule has 1 aliphatic heterocycles. The molecule has 0 radical (unpaired) electrons. The van der Waals surface area contributed by atoms with Crippen molar-refractivity contribution in [2.75, 3.05) is 13.7 Å². The van der Waals surface area contributed by atoms with E-state index in [1.54, 1.807) is 19.5 Å². The quantitative estimate of drug-likeness (QED) is 0.162. The summed E-state index contributed by atoms with van der Waals surface area (Å²) in [6.45, 7) is 13.3. The first-order valence-corrected chi connectivity index (χ1v) is 15.0. The van der Waals surface area contributed by atoms with E-state index in [9.17, 15) is 0 Å². The van der Waals surface area contributed by atoms with Crippen LogP contribution >= 0.6 is 23.2 Å². The Labute approximate surface area is 258 Å². The van der Waals surface area contributed by atoms with Crippen LogP contribution in [0.5, 0.6) is 0 Å². The van der Waals surface area contributed by atoms with Gasteiger partial charge >= 0.3 is 0 Å². The van der Waals surface area contributed by atoms with E-state index in [1.807, 2.05) is 36.4 Å². The van der Waals surface area contributed by atoms with E-state index in [2.05, 4.69) is 47.8 Å². The Morgan fingerprint density at radius 1 is 1.12 bits per heavy atom. The van der Waals surface area contributed by atoms with Crippen molar-refractivity contribution in [1.82, 2.24) is 20.6 Å². The average molecular weight is 606 g/mol. The van der Waals surface area contributed by atoms with Crippen LogP contribution < -0.4 is 10.6 Å². The van der Waals surface area contributed by atoms with Crippen molar-refractivity contribution in [3.05, 3.63) is 88.1 Å². The molecule has 1 fully saturated rings. The standard InChI is InChI=1S/C33H38Cl2N6O/c1-6-10-31(42-5)41-28(18-36-4)25-13-8-11-23(32(25)34)24-12-9-14-26(33(24)35)29-20-38-30(27(7-2)40-29)19-37-17-22-16-15-21(3)39-22/h8-9,11-14,18,20,22,37,39H,3-4,6-7,10,15-17,19H2,1-2,5H3/b28-18-,41-31?. The van der Waals surface area contributed by atoms with Crippen molar-refractivity contribution in [1.29, 1.82) is 0 Å². The van der Waals surface area contributed by atoms with Crippen molar-refractivity contribution in [3.63, 3.8) is 0 Å². The van der Waals surface area contributed by atoms with E-state index in [0.29, 0.717) is 51.9 Å². The van der Waals surface area contributed by atoms with Gasteiger partial charge in [0.1, 0.15) is 0 Å². The van der Waals surface area contributed by atoms with Gasteiger partial charge in [0.15, 0.2) is 5.90 Å². The maximum atomic E-state index is 7.05. The molecule has 1 aromatic heterocycles. The molecule has 0 spiro atoms.